The topological polar surface area (TPSA) is 54.7 Å². The highest BCUT2D eigenvalue weighted by atomic mass is 79.9. The van der Waals surface area contributed by atoms with Crippen LogP contribution in [0, 0.1) is 0 Å². The lowest BCUT2D eigenvalue weighted by atomic mass is 9.80. The third-order valence-electron chi connectivity index (χ3n) is 3.47. The number of hydrogen-bond acceptors (Lipinski definition) is 2. The lowest BCUT2D eigenvalue weighted by Gasteiger charge is -2.25. The predicted octanol–water partition coefficient (Wildman–Crippen LogP) is 3.69. The van der Waals surface area contributed by atoms with Crippen molar-refractivity contribution in [1.29, 1.82) is 0 Å². The molecule has 0 radical (unpaired) electrons. The predicted molar refractivity (Wildman–Crippen MR) is 72.7 cm³/mol. The third-order valence-corrected chi connectivity index (χ3v) is 4.00. The van der Waals surface area contributed by atoms with Crippen molar-refractivity contribution in [2.75, 3.05) is 5.73 Å². The normalized spacial score (nSPS) is 15.8. The van der Waals surface area contributed by atoms with Crippen LogP contribution in [0.4, 0.5) is 5.82 Å². The van der Waals surface area contributed by atoms with Gasteiger partial charge in [0, 0.05) is 21.6 Å². The number of anilines is 1. The number of nitrogens with zero attached hydrogens (tertiary/aromatic N) is 1. The molecule has 1 aromatic heterocycles. The van der Waals surface area contributed by atoms with Crippen LogP contribution in [0.1, 0.15) is 30.9 Å². The van der Waals surface area contributed by atoms with E-state index in [-0.39, 0.29) is 0 Å². The van der Waals surface area contributed by atoms with Gasteiger partial charge in [-0.25, -0.2) is 0 Å². The summed E-state index contributed by atoms with van der Waals surface area (Å²) >= 11 is 3.44. The van der Waals surface area contributed by atoms with Crippen LogP contribution in [0.5, 0.6) is 0 Å². The number of benzene rings is 1. The number of nitrogen functional groups attached to an aromatic ring is 1. The Hall–Kier alpha value is -1.29. The van der Waals surface area contributed by atoms with Gasteiger partial charge in [0.15, 0.2) is 5.82 Å². The minimum Gasteiger partial charge on any atom is -0.382 e. The van der Waals surface area contributed by atoms with E-state index in [1.165, 1.54) is 25.0 Å². The van der Waals surface area contributed by atoms with Crippen LogP contribution < -0.4 is 5.73 Å². The maximum absolute atomic E-state index is 5.97. The first-order valence-electron chi connectivity index (χ1n) is 5.85. The van der Waals surface area contributed by atoms with E-state index >= 15 is 0 Å². The van der Waals surface area contributed by atoms with Crippen LogP contribution >= 0.6 is 15.9 Å². The van der Waals surface area contributed by atoms with E-state index in [4.69, 9.17) is 5.73 Å². The summed E-state index contributed by atoms with van der Waals surface area (Å²) in [5.41, 5.74) is 9.40. The van der Waals surface area contributed by atoms with Gasteiger partial charge < -0.3 is 5.73 Å². The second-order valence-electron chi connectivity index (χ2n) is 4.53. The molecule has 0 aliphatic heterocycles. The van der Waals surface area contributed by atoms with Crippen molar-refractivity contribution in [2.45, 2.75) is 25.2 Å². The van der Waals surface area contributed by atoms with Gasteiger partial charge in [-0.1, -0.05) is 34.5 Å². The fourth-order valence-electron chi connectivity index (χ4n) is 2.28. The van der Waals surface area contributed by atoms with E-state index in [0.717, 1.165) is 15.6 Å². The average Bonchev–Trinajstić information content (AvgIpc) is 2.60. The van der Waals surface area contributed by atoms with Crippen molar-refractivity contribution in [2.24, 2.45) is 0 Å². The number of nitrogens with two attached hydrogens (primary N) is 1. The smallest absolute Gasteiger partial charge is 0.153 e. The second-order valence-corrected chi connectivity index (χ2v) is 5.45. The van der Waals surface area contributed by atoms with Crippen molar-refractivity contribution in [3.8, 4) is 11.1 Å². The summed E-state index contributed by atoms with van der Waals surface area (Å²) in [7, 11) is 0. The highest BCUT2D eigenvalue weighted by Crippen LogP contribution is 2.42. The highest BCUT2D eigenvalue weighted by Gasteiger charge is 2.26. The van der Waals surface area contributed by atoms with Crippen LogP contribution in [0.2, 0.25) is 0 Å². The van der Waals surface area contributed by atoms with E-state index in [1.807, 2.05) is 12.1 Å². The molecule has 1 saturated carbocycles. The summed E-state index contributed by atoms with van der Waals surface area (Å²) in [6.45, 7) is 0. The fourth-order valence-corrected chi connectivity index (χ4v) is 2.55. The van der Waals surface area contributed by atoms with E-state index in [9.17, 15) is 0 Å². The SMILES string of the molecule is Nc1n[nH]c(C2CCC2)c1-c1ccc(Br)cc1. The largest absolute Gasteiger partial charge is 0.382 e. The Morgan fingerprint density at radius 2 is 1.94 bits per heavy atom. The summed E-state index contributed by atoms with van der Waals surface area (Å²) < 4.78 is 1.08. The molecule has 88 valence electrons. The summed E-state index contributed by atoms with van der Waals surface area (Å²) in [6, 6.07) is 8.22. The average molecular weight is 292 g/mol. The van der Waals surface area contributed by atoms with E-state index in [2.05, 4.69) is 38.3 Å². The molecule has 1 aliphatic carbocycles. The van der Waals surface area contributed by atoms with E-state index in [0.29, 0.717) is 11.7 Å². The molecule has 3 N–H and O–H groups in total. The molecule has 4 heteroatoms. The first-order chi connectivity index (χ1) is 8.25. The standard InChI is InChI=1S/C13H14BrN3/c14-10-6-4-8(5-7-10)11-12(9-2-1-3-9)16-17-13(11)15/h4-7,9H,1-3H2,(H3,15,16,17). The lowest BCUT2D eigenvalue weighted by Crippen LogP contribution is -2.10. The molecule has 3 nitrogen and oxygen atoms in total. The van der Waals surface area contributed by atoms with Crippen molar-refractivity contribution >= 4 is 21.7 Å². The van der Waals surface area contributed by atoms with Gasteiger partial charge in [0.2, 0.25) is 0 Å². The maximum Gasteiger partial charge on any atom is 0.153 e. The first-order valence-corrected chi connectivity index (χ1v) is 6.64. The maximum atomic E-state index is 5.97. The molecule has 3 rings (SSSR count). The number of aromatic amines is 1. The van der Waals surface area contributed by atoms with Crippen molar-refractivity contribution in [1.82, 2.24) is 10.2 Å². The number of halogens is 1. The zero-order valence-electron chi connectivity index (χ0n) is 9.41. The Bertz CT molecular complexity index is 526. The van der Waals surface area contributed by atoms with Gasteiger partial charge >= 0.3 is 0 Å². The van der Waals surface area contributed by atoms with Gasteiger partial charge in [0.25, 0.3) is 0 Å². The van der Waals surface area contributed by atoms with Gasteiger partial charge in [-0.05, 0) is 30.5 Å². The Labute approximate surface area is 109 Å². The van der Waals surface area contributed by atoms with Crippen molar-refractivity contribution < 1.29 is 0 Å². The summed E-state index contributed by atoms with van der Waals surface area (Å²) in [6.07, 6.45) is 3.79. The third kappa shape index (κ3) is 1.86. The number of H-pyrrole nitrogens is 1. The second kappa shape index (κ2) is 4.18. The van der Waals surface area contributed by atoms with Gasteiger partial charge in [-0.3, -0.25) is 5.10 Å². The molecule has 1 aliphatic rings. The lowest BCUT2D eigenvalue weighted by molar-refractivity contribution is 0.411. The molecule has 0 atom stereocenters. The summed E-state index contributed by atoms with van der Waals surface area (Å²) in [5, 5.41) is 7.26. The number of aromatic nitrogens is 2. The molecule has 0 amide bonds. The Morgan fingerprint density at radius 3 is 2.53 bits per heavy atom. The van der Waals surface area contributed by atoms with Crippen molar-refractivity contribution in [3.05, 3.63) is 34.4 Å². The highest BCUT2D eigenvalue weighted by molar-refractivity contribution is 9.10. The molecule has 0 spiro atoms. The molecule has 1 heterocycles. The Balaban J connectivity index is 2.06. The van der Waals surface area contributed by atoms with Gasteiger partial charge in [-0.15, -0.1) is 0 Å². The Morgan fingerprint density at radius 1 is 1.24 bits per heavy atom. The van der Waals surface area contributed by atoms with Gasteiger partial charge in [0.05, 0.1) is 0 Å². The zero-order chi connectivity index (χ0) is 11.8. The molecule has 1 aromatic carbocycles. The fraction of sp³-hybridized carbons (Fsp3) is 0.308. The molecular weight excluding hydrogens is 278 g/mol. The van der Waals surface area contributed by atoms with E-state index < -0.39 is 0 Å². The minimum absolute atomic E-state index is 0.606. The molecule has 2 aromatic rings. The van der Waals surface area contributed by atoms with Gasteiger partial charge in [-0.2, -0.15) is 5.10 Å². The number of rotatable bonds is 2. The molecule has 0 unspecified atom stereocenters. The Kier molecular flexibility index (Phi) is 2.67. The molecule has 1 fully saturated rings. The van der Waals surface area contributed by atoms with Crippen LogP contribution in [-0.4, -0.2) is 10.2 Å². The van der Waals surface area contributed by atoms with Crippen LogP contribution in [0.25, 0.3) is 11.1 Å². The van der Waals surface area contributed by atoms with Crippen LogP contribution in [-0.2, 0) is 0 Å². The summed E-state index contributed by atoms with van der Waals surface area (Å²) in [4.78, 5) is 0. The molecule has 17 heavy (non-hydrogen) atoms. The van der Waals surface area contributed by atoms with E-state index in [1.54, 1.807) is 0 Å². The quantitative estimate of drug-likeness (QED) is 0.887. The first kappa shape index (κ1) is 10.8. The van der Waals surface area contributed by atoms with Crippen molar-refractivity contribution in [3.63, 3.8) is 0 Å². The van der Waals surface area contributed by atoms with Crippen LogP contribution in [0.15, 0.2) is 28.7 Å². The number of hydrogen-bond donors (Lipinski definition) is 2. The monoisotopic (exact) mass is 291 g/mol. The van der Waals surface area contributed by atoms with Crippen LogP contribution in [0.3, 0.4) is 0 Å². The minimum atomic E-state index is 0.606. The molecular formula is C13H14BrN3. The zero-order valence-corrected chi connectivity index (χ0v) is 11.0. The number of nitrogens with one attached hydrogen (secondary N) is 1. The van der Waals surface area contributed by atoms with Gasteiger partial charge in [0.1, 0.15) is 0 Å². The molecule has 0 bridgehead atoms. The molecule has 0 saturated heterocycles. The summed E-state index contributed by atoms with van der Waals surface area (Å²) in [5.74, 6) is 1.22.